The third kappa shape index (κ3) is 2.30. The number of aromatic nitrogens is 1. The van der Waals surface area contributed by atoms with Gasteiger partial charge in [0.15, 0.2) is 0 Å². The fourth-order valence-electron chi connectivity index (χ4n) is 0.975. The molecule has 1 rings (SSSR count). The van der Waals surface area contributed by atoms with Crippen LogP contribution >= 0.6 is 22.6 Å². The van der Waals surface area contributed by atoms with Crippen molar-refractivity contribution in [2.24, 2.45) is 5.73 Å². The van der Waals surface area contributed by atoms with Crippen molar-refractivity contribution in [3.05, 3.63) is 21.0 Å². The minimum Gasteiger partial charge on any atom is -0.496 e. The van der Waals surface area contributed by atoms with Gasteiger partial charge < -0.3 is 10.5 Å². The van der Waals surface area contributed by atoms with E-state index in [4.69, 9.17) is 10.5 Å². The number of hydrogen-bond acceptors (Lipinski definition) is 3. The Balaban J connectivity index is 3.27. The second-order valence-corrected chi connectivity index (χ2v) is 3.60. The smallest absolute Gasteiger partial charge is 0.281 e. The second-order valence-electron chi connectivity index (χ2n) is 2.52. The quantitative estimate of drug-likeness (QED) is 0.869. The summed E-state index contributed by atoms with van der Waals surface area (Å²) in [7, 11) is 1.42. The highest BCUT2D eigenvalue weighted by molar-refractivity contribution is 14.1. The van der Waals surface area contributed by atoms with Gasteiger partial charge in [0.2, 0.25) is 0 Å². The Morgan fingerprint density at radius 3 is 2.71 bits per heavy atom. The highest BCUT2D eigenvalue weighted by Gasteiger charge is 2.18. The average Bonchev–Trinajstić information content (AvgIpc) is 2.17. The molecule has 0 bridgehead atoms. The maximum absolute atomic E-state index is 12.5. The van der Waals surface area contributed by atoms with Crippen molar-refractivity contribution < 1.29 is 13.5 Å². The predicted octanol–water partition coefficient (Wildman–Crippen LogP) is 2.09. The van der Waals surface area contributed by atoms with Crippen LogP contribution in [-0.4, -0.2) is 12.1 Å². The molecule has 6 heteroatoms. The number of pyridine rings is 1. The van der Waals surface area contributed by atoms with E-state index in [-0.39, 0.29) is 12.2 Å². The van der Waals surface area contributed by atoms with E-state index >= 15 is 0 Å². The summed E-state index contributed by atoms with van der Waals surface area (Å²) in [5.74, 6) is 0.386. The highest BCUT2D eigenvalue weighted by Crippen LogP contribution is 2.30. The zero-order valence-electron chi connectivity index (χ0n) is 7.43. The molecule has 3 nitrogen and oxygen atoms in total. The third-order valence-corrected chi connectivity index (χ3v) is 2.72. The molecule has 0 saturated carbocycles. The first-order valence-corrected chi connectivity index (χ1v) is 4.89. The largest absolute Gasteiger partial charge is 0.496 e. The fourth-order valence-corrected chi connectivity index (χ4v) is 1.71. The maximum atomic E-state index is 12.5. The number of nitrogens with zero attached hydrogens (tertiary/aromatic N) is 1. The molecule has 0 unspecified atom stereocenters. The first-order valence-electron chi connectivity index (χ1n) is 3.81. The average molecular weight is 314 g/mol. The molecule has 1 heterocycles. The van der Waals surface area contributed by atoms with E-state index in [1.807, 2.05) is 0 Å². The number of alkyl halides is 2. The molecular formula is C8H9F2IN2O. The zero-order chi connectivity index (χ0) is 10.7. The van der Waals surface area contributed by atoms with Gasteiger partial charge in [-0.1, -0.05) is 0 Å². The van der Waals surface area contributed by atoms with Crippen molar-refractivity contribution >= 4 is 22.6 Å². The lowest BCUT2D eigenvalue weighted by molar-refractivity contribution is 0.144. The molecule has 0 radical (unpaired) electrons. The lowest BCUT2D eigenvalue weighted by Crippen LogP contribution is -2.06. The molecule has 0 amide bonds. The summed E-state index contributed by atoms with van der Waals surface area (Å²) < 4.78 is 30.3. The Morgan fingerprint density at radius 2 is 2.29 bits per heavy atom. The summed E-state index contributed by atoms with van der Waals surface area (Å²) in [6.45, 7) is 0.118. The topological polar surface area (TPSA) is 48.1 Å². The van der Waals surface area contributed by atoms with Gasteiger partial charge in [-0.05, 0) is 22.6 Å². The summed E-state index contributed by atoms with van der Waals surface area (Å²) in [6, 6.07) is 1.56. The van der Waals surface area contributed by atoms with Crippen LogP contribution in [0.1, 0.15) is 17.8 Å². The van der Waals surface area contributed by atoms with Crippen molar-refractivity contribution in [3.63, 3.8) is 0 Å². The molecular weight excluding hydrogens is 305 g/mol. The molecule has 0 aliphatic heterocycles. The van der Waals surface area contributed by atoms with E-state index in [1.54, 1.807) is 28.7 Å². The Morgan fingerprint density at radius 1 is 1.64 bits per heavy atom. The first-order chi connectivity index (χ1) is 6.60. The first kappa shape index (κ1) is 11.6. The van der Waals surface area contributed by atoms with Gasteiger partial charge in [0, 0.05) is 12.6 Å². The molecule has 0 aromatic carbocycles. The number of nitrogens with two attached hydrogens (primary N) is 1. The van der Waals surface area contributed by atoms with Crippen molar-refractivity contribution in [2.75, 3.05) is 7.11 Å². The molecule has 1 aromatic rings. The van der Waals surface area contributed by atoms with E-state index in [1.165, 1.54) is 7.11 Å². The summed E-state index contributed by atoms with van der Waals surface area (Å²) in [6.07, 6.45) is -2.61. The Hall–Kier alpha value is -0.500. The van der Waals surface area contributed by atoms with Gasteiger partial charge in [-0.3, -0.25) is 0 Å². The van der Waals surface area contributed by atoms with Gasteiger partial charge in [0.25, 0.3) is 6.43 Å². The lowest BCUT2D eigenvalue weighted by Gasteiger charge is -2.09. The van der Waals surface area contributed by atoms with Crippen LogP contribution in [0.4, 0.5) is 8.78 Å². The highest BCUT2D eigenvalue weighted by atomic mass is 127. The van der Waals surface area contributed by atoms with Crippen LogP contribution < -0.4 is 10.5 Å². The summed E-state index contributed by atoms with van der Waals surface area (Å²) in [5.41, 5.74) is 5.45. The van der Waals surface area contributed by atoms with E-state index in [2.05, 4.69) is 4.98 Å². The second kappa shape index (κ2) is 4.83. The maximum Gasteiger partial charge on any atom is 0.281 e. The van der Waals surface area contributed by atoms with Gasteiger partial charge in [-0.25, -0.2) is 13.8 Å². The van der Waals surface area contributed by atoms with Crippen LogP contribution in [0.2, 0.25) is 0 Å². The third-order valence-electron chi connectivity index (χ3n) is 1.64. The standard InChI is InChI=1S/C8H9F2IN2O/c1-14-5-2-4(3-12)13-7(6(5)11)8(9)10/h2,8H,3,12H2,1H3. The SMILES string of the molecule is COc1cc(CN)nc(C(F)F)c1I. The van der Waals surface area contributed by atoms with Gasteiger partial charge in [-0.2, -0.15) is 0 Å². The van der Waals surface area contributed by atoms with Crippen LogP contribution in [0, 0.1) is 3.57 Å². The molecule has 1 aromatic heterocycles. The number of halogens is 3. The molecule has 0 spiro atoms. The van der Waals surface area contributed by atoms with Gasteiger partial charge in [0.05, 0.1) is 16.4 Å². The van der Waals surface area contributed by atoms with Crippen molar-refractivity contribution in [3.8, 4) is 5.75 Å². The summed E-state index contributed by atoms with van der Waals surface area (Å²) in [5, 5.41) is 0. The van der Waals surface area contributed by atoms with E-state index in [0.29, 0.717) is 15.0 Å². The monoisotopic (exact) mass is 314 g/mol. The van der Waals surface area contributed by atoms with Gasteiger partial charge in [-0.15, -0.1) is 0 Å². The van der Waals surface area contributed by atoms with Crippen molar-refractivity contribution in [2.45, 2.75) is 13.0 Å². The normalized spacial score (nSPS) is 10.7. The van der Waals surface area contributed by atoms with Crippen LogP contribution in [0.15, 0.2) is 6.07 Å². The summed E-state index contributed by atoms with van der Waals surface area (Å²) in [4.78, 5) is 3.74. The van der Waals surface area contributed by atoms with Gasteiger partial charge in [0.1, 0.15) is 11.4 Å². The van der Waals surface area contributed by atoms with E-state index < -0.39 is 6.43 Å². The molecule has 0 aliphatic rings. The predicted molar refractivity (Wildman–Crippen MR) is 56.4 cm³/mol. The van der Waals surface area contributed by atoms with Crippen molar-refractivity contribution in [1.82, 2.24) is 4.98 Å². The minimum atomic E-state index is -2.61. The lowest BCUT2D eigenvalue weighted by atomic mass is 10.3. The molecule has 0 saturated heterocycles. The van der Waals surface area contributed by atoms with Crippen molar-refractivity contribution in [1.29, 1.82) is 0 Å². The van der Waals surface area contributed by atoms with Crippen LogP contribution in [0.25, 0.3) is 0 Å². The molecule has 2 N–H and O–H groups in total. The van der Waals surface area contributed by atoms with Crippen LogP contribution in [0.5, 0.6) is 5.75 Å². The molecule has 0 aliphatic carbocycles. The number of methoxy groups -OCH3 is 1. The Labute approximate surface area is 93.8 Å². The molecule has 14 heavy (non-hydrogen) atoms. The molecule has 78 valence electrons. The molecule has 0 fully saturated rings. The Kier molecular flexibility index (Phi) is 3.99. The zero-order valence-corrected chi connectivity index (χ0v) is 9.59. The number of hydrogen-bond donors (Lipinski definition) is 1. The number of ether oxygens (including phenoxy) is 1. The van der Waals surface area contributed by atoms with Crippen LogP contribution in [-0.2, 0) is 6.54 Å². The fraction of sp³-hybridized carbons (Fsp3) is 0.375. The molecule has 0 atom stereocenters. The minimum absolute atomic E-state index is 0.118. The van der Waals surface area contributed by atoms with E-state index in [0.717, 1.165) is 0 Å². The van der Waals surface area contributed by atoms with Crippen LogP contribution in [0.3, 0.4) is 0 Å². The Bertz CT molecular complexity index is 333. The summed E-state index contributed by atoms with van der Waals surface area (Å²) >= 11 is 1.78. The van der Waals surface area contributed by atoms with E-state index in [9.17, 15) is 8.78 Å². The number of rotatable bonds is 3. The van der Waals surface area contributed by atoms with Gasteiger partial charge >= 0.3 is 0 Å².